The van der Waals surface area contributed by atoms with Gasteiger partial charge in [0, 0.05) is 44.0 Å². The second-order valence-electron chi connectivity index (χ2n) is 5.60. The van der Waals surface area contributed by atoms with Crippen LogP contribution < -0.4 is 4.90 Å². The Balaban J connectivity index is 1.75. The summed E-state index contributed by atoms with van der Waals surface area (Å²) in [7, 11) is -3.90. The first-order valence-corrected chi connectivity index (χ1v) is 9.08. The van der Waals surface area contributed by atoms with E-state index >= 15 is 0 Å². The van der Waals surface area contributed by atoms with E-state index in [2.05, 4.69) is 0 Å². The van der Waals surface area contributed by atoms with Crippen molar-refractivity contribution in [3.63, 3.8) is 0 Å². The van der Waals surface area contributed by atoms with Crippen molar-refractivity contribution in [3.05, 3.63) is 64.5 Å². The number of nitrogens with zero attached hydrogens (tertiary/aromatic N) is 3. The molecule has 0 atom stereocenters. The minimum Gasteiger partial charge on any atom is -0.369 e. The lowest BCUT2D eigenvalue weighted by molar-refractivity contribution is -0.384. The van der Waals surface area contributed by atoms with Gasteiger partial charge in [0.05, 0.1) is 4.92 Å². The number of non-ortho nitro benzene ring substituents is 1. The molecule has 1 aliphatic heterocycles. The maximum atomic E-state index is 13.8. The van der Waals surface area contributed by atoms with Crippen molar-refractivity contribution < 1.29 is 17.7 Å². The molecule has 0 unspecified atom stereocenters. The van der Waals surface area contributed by atoms with Crippen molar-refractivity contribution in [1.82, 2.24) is 4.31 Å². The summed E-state index contributed by atoms with van der Waals surface area (Å²) in [5.74, 6) is -0.774. The number of halogens is 1. The van der Waals surface area contributed by atoms with Gasteiger partial charge in [-0.3, -0.25) is 10.1 Å². The molecule has 1 aliphatic rings. The predicted molar refractivity (Wildman–Crippen MR) is 90.5 cm³/mol. The van der Waals surface area contributed by atoms with Crippen LogP contribution in [0.4, 0.5) is 15.8 Å². The van der Waals surface area contributed by atoms with Gasteiger partial charge in [0.15, 0.2) is 0 Å². The van der Waals surface area contributed by atoms with E-state index in [-0.39, 0.29) is 23.7 Å². The van der Waals surface area contributed by atoms with E-state index in [9.17, 15) is 22.9 Å². The Labute approximate surface area is 144 Å². The van der Waals surface area contributed by atoms with Crippen LogP contribution in [0, 0.1) is 15.9 Å². The summed E-state index contributed by atoms with van der Waals surface area (Å²) < 4.78 is 40.2. The molecule has 132 valence electrons. The normalized spacial score (nSPS) is 16.0. The van der Waals surface area contributed by atoms with Gasteiger partial charge in [0.25, 0.3) is 5.69 Å². The van der Waals surface area contributed by atoms with Gasteiger partial charge in [0.2, 0.25) is 10.0 Å². The molecule has 0 bridgehead atoms. The second kappa shape index (κ2) is 6.77. The third-order valence-electron chi connectivity index (χ3n) is 4.10. The average Bonchev–Trinajstić information content (AvgIpc) is 2.62. The first-order chi connectivity index (χ1) is 11.9. The van der Waals surface area contributed by atoms with E-state index in [4.69, 9.17) is 0 Å². The summed E-state index contributed by atoms with van der Waals surface area (Å²) in [6.45, 7) is 1.10. The Morgan fingerprint density at radius 2 is 1.68 bits per heavy atom. The molecule has 9 heteroatoms. The Kier molecular flexibility index (Phi) is 4.69. The zero-order chi connectivity index (χ0) is 18.0. The molecular weight excluding hydrogens is 349 g/mol. The lowest BCUT2D eigenvalue weighted by Crippen LogP contribution is -2.48. The fourth-order valence-electron chi connectivity index (χ4n) is 2.78. The minimum absolute atomic E-state index is 0.0149. The molecule has 7 nitrogen and oxygen atoms in total. The minimum atomic E-state index is -3.90. The van der Waals surface area contributed by atoms with Crippen molar-refractivity contribution in [2.45, 2.75) is 4.90 Å². The van der Waals surface area contributed by atoms with Crippen molar-refractivity contribution in [2.75, 3.05) is 31.1 Å². The largest absolute Gasteiger partial charge is 0.369 e. The van der Waals surface area contributed by atoms with Gasteiger partial charge in [0.1, 0.15) is 10.7 Å². The highest BCUT2D eigenvalue weighted by molar-refractivity contribution is 7.89. The van der Waals surface area contributed by atoms with Crippen LogP contribution in [0.5, 0.6) is 0 Å². The van der Waals surface area contributed by atoms with Gasteiger partial charge in [-0.25, -0.2) is 12.8 Å². The van der Waals surface area contributed by atoms with Gasteiger partial charge < -0.3 is 4.90 Å². The highest BCUT2D eigenvalue weighted by atomic mass is 32.2. The summed E-state index contributed by atoms with van der Waals surface area (Å²) >= 11 is 0. The molecule has 1 saturated heterocycles. The molecular formula is C16H16FN3O4S. The van der Waals surface area contributed by atoms with E-state index in [1.54, 1.807) is 12.1 Å². The zero-order valence-electron chi connectivity index (χ0n) is 13.2. The van der Waals surface area contributed by atoms with Crippen molar-refractivity contribution in [2.24, 2.45) is 0 Å². The fourth-order valence-corrected chi connectivity index (χ4v) is 4.27. The van der Waals surface area contributed by atoms with Crippen LogP contribution in [0.25, 0.3) is 0 Å². The number of piperazine rings is 1. The molecule has 0 saturated carbocycles. The molecule has 2 aromatic rings. The van der Waals surface area contributed by atoms with Crippen LogP contribution in [0.15, 0.2) is 53.4 Å². The summed E-state index contributed by atoms with van der Waals surface area (Å²) in [5.41, 5.74) is 0.649. The third kappa shape index (κ3) is 3.47. The standard InChI is InChI=1S/C16H16FN3O4S/c17-15-6-1-2-7-16(15)25(23,24)19-10-8-18(9-11-19)13-4-3-5-14(12-13)20(21)22/h1-7,12H,8-11H2. The maximum absolute atomic E-state index is 13.8. The molecule has 2 aromatic carbocycles. The van der Waals surface area contributed by atoms with E-state index in [0.29, 0.717) is 18.8 Å². The Hall–Kier alpha value is -2.52. The molecule has 1 fully saturated rings. The monoisotopic (exact) mass is 365 g/mol. The number of anilines is 1. The van der Waals surface area contributed by atoms with Crippen LogP contribution >= 0.6 is 0 Å². The van der Waals surface area contributed by atoms with Gasteiger partial charge in [-0.15, -0.1) is 0 Å². The van der Waals surface area contributed by atoms with Crippen molar-refractivity contribution in [1.29, 1.82) is 0 Å². The topological polar surface area (TPSA) is 83.8 Å². The van der Waals surface area contributed by atoms with Gasteiger partial charge in [-0.05, 0) is 18.2 Å². The van der Waals surface area contributed by atoms with Gasteiger partial charge in [-0.1, -0.05) is 18.2 Å². The first kappa shape index (κ1) is 17.3. The number of nitro groups is 1. The summed E-state index contributed by atoms with van der Waals surface area (Å²) in [6, 6.07) is 11.5. The SMILES string of the molecule is O=[N+]([O-])c1cccc(N2CCN(S(=O)(=O)c3ccccc3F)CC2)c1. The van der Waals surface area contributed by atoms with Crippen LogP contribution in [0.2, 0.25) is 0 Å². The van der Waals surface area contributed by atoms with Crippen LogP contribution in [-0.4, -0.2) is 43.8 Å². The van der Waals surface area contributed by atoms with E-state index < -0.39 is 20.8 Å². The quantitative estimate of drug-likeness (QED) is 0.613. The van der Waals surface area contributed by atoms with E-state index in [1.807, 2.05) is 4.90 Å². The number of sulfonamides is 1. The van der Waals surface area contributed by atoms with Gasteiger partial charge in [-0.2, -0.15) is 4.31 Å². The third-order valence-corrected chi connectivity index (χ3v) is 6.03. The summed E-state index contributed by atoms with van der Waals surface area (Å²) in [4.78, 5) is 11.9. The lowest BCUT2D eigenvalue weighted by Gasteiger charge is -2.35. The molecule has 0 N–H and O–H groups in total. The Morgan fingerprint density at radius 1 is 1.00 bits per heavy atom. The highest BCUT2D eigenvalue weighted by Crippen LogP contribution is 2.25. The van der Waals surface area contributed by atoms with Crippen LogP contribution in [0.1, 0.15) is 0 Å². The number of hydrogen-bond donors (Lipinski definition) is 0. The van der Waals surface area contributed by atoms with Crippen LogP contribution in [-0.2, 0) is 10.0 Å². The molecule has 0 aromatic heterocycles. The van der Waals surface area contributed by atoms with Crippen molar-refractivity contribution in [3.8, 4) is 0 Å². The molecule has 3 rings (SSSR count). The molecule has 0 amide bonds. The average molecular weight is 365 g/mol. The predicted octanol–water partition coefficient (Wildman–Crippen LogP) is 2.24. The van der Waals surface area contributed by atoms with Crippen molar-refractivity contribution >= 4 is 21.4 Å². The molecule has 0 spiro atoms. The van der Waals surface area contributed by atoms with E-state index in [1.165, 1.54) is 34.6 Å². The first-order valence-electron chi connectivity index (χ1n) is 7.64. The molecule has 1 heterocycles. The van der Waals surface area contributed by atoms with Gasteiger partial charge >= 0.3 is 0 Å². The molecule has 25 heavy (non-hydrogen) atoms. The number of hydrogen-bond acceptors (Lipinski definition) is 5. The zero-order valence-corrected chi connectivity index (χ0v) is 14.0. The highest BCUT2D eigenvalue weighted by Gasteiger charge is 2.30. The van der Waals surface area contributed by atoms with Crippen LogP contribution in [0.3, 0.4) is 0 Å². The smallest absolute Gasteiger partial charge is 0.271 e. The lowest BCUT2D eigenvalue weighted by atomic mass is 10.2. The Bertz CT molecular complexity index is 896. The number of rotatable bonds is 4. The Morgan fingerprint density at radius 3 is 2.32 bits per heavy atom. The number of benzene rings is 2. The fraction of sp³-hybridized carbons (Fsp3) is 0.250. The maximum Gasteiger partial charge on any atom is 0.271 e. The number of nitro benzene ring substituents is 1. The second-order valence-corrected chi connectivity index (χ2v) is 7.50. The summed E-state index contributed by atoms with van der Waals surface area (Å²) in [6.07, 6.45) is 0. The molecule has 0 aliphatic carbocycles. The van der Waals surface area contributed by atoms with E-state index in [0.717, 1.165) is 6.07 Å². The summed E-state index contributed by atoms with van der Waals surface area (Å²) in [5, 5.41) is 10.9. The molecule has 0 radical (unpaired) electrons.